The minimum Gasteiger partial charge on any atom is -0.496 e. The van der Waals surface area contributed by atoms with Crippen molar-refractivity contribution in [2.45, 2.75) is 57.2 Å². The third-order valence-corrected chi connectivity index (χ3v) is 8.31. The number of ether oxygens (including phenoxy) is 1. The van der Waals surface area contributed by atoms with E-state index in [1.807, 2.05) is 18.2 Å². The van der Waals surface area contributed by atoms with E-state index in [4.69, 9.17) is 4.74 Å². The van der Waals surface area contributed by atoms with E-state index in [1.54, 1.807) is 7.11 Å². The Morgan fingerprint density at radius 3 is 2.58 bits per heavy atom. The zero-order valence-electron chi connectivity index (χ0n) is 22.8. The van der Waals surface area contributed by atoms with E-state index in [1.165, 1.54) is 43.3 Å². The molecule has 0 aliphatic carbocycles. The van der Waals surface area contributed by atoms with Gasteiger partial charge in [-0.25, -0.2) is 0 Å². The highest BCUT2D eigenvalue weighted by Gasteiger charge is 2.27. The molecule has 2 aliphatic rings. The summed E-state index contributed by atoms with van der Waals surface area (Å²) >= 11 is 0. The summed E-state index contributed by atoms with van der Waals surface area (Å²) in [5, 5.41) is 8.44. The normalized spacial score (nSPS) is 18.1. The van der Waals surface area contributed by atoms with Crippen LogP contribution < -0.4 is 15.4 Å². The van der Waals surface area contributed by atoms with E-state index >= 15 is 0 Å². The highest BCUT2D eigenvalue weighted by molar-refractivity contribution is 5.83. The fourth-order valence-corrected chi connectivity index (χ4v) is 6.12. The number of aromatic amines is 1. The lowest BCUT2D eigenvalue weighted by molar-refractivity contribution is -0.132. The molecule has 3 heterocycles. The van der Waals surface area contributed by atoms with Crippen LogP contribution in [-0.4, -0.2) is 79.2 Å². The second kappa shape index (κ2) is 13.3. The highest BCUT2D eigenvalue weighted by Crippen LogP contribution is 2.22. The number of hydrogen-bond donors (Lipinski definition) is 3. The molecular formula is C31H43N5O2. The first-order chi connectivity index (χ1) is 18.7. The van der Waals surface area contributed by atoms with E-state index in [2.05, 4.69) is 61.9 Å². The number of amides is 1. The Bertz CT molecular complexity index is 1160. The minimum absolute atomic E-state index is 0.124. The third kappa shape index (κ3) is 6.76. The van der Waals surface area contributed by atoms with Gasteiger partial charge in [0.1, 0.15) is 5.75 Å². The molecule has 3 aromatic rings. The number of aromatic nitrogens is 1. The zero-order valence-corrected chi connectivity index (χ0v) is 22.8. The van der Waals surface area contributed by atoms with Crippen molar-refractivity contribution < 1.29 is 9.53 Å². The number of fused-ring (bicyclic) bond motifs is 1. The Hall–Kier alpha value is -2.87. The van der Waals surface area contributed by atoms with Crippen molar-refractivity contribution in [1.29, 1.82) is 0 Å². The Kier molecular flexibility index (Phi) is 9.33. The molecule has 38 heavy (non-hydrogen) atoms. The van der Waals surface area contributed by atoms with Gasteiger partial charge in [-0.05, 0) is 62.9 Å². The lowest BCUT2D eigenvalue weighted by Gasteiger charge is -2.40. The van der Waals surface area contributed by atoms with Crippen LogP contribution in [0.15, 0.2) is 54.7 Å². The molecule has 0 bridgehead atoms. The van der Waals surface area contributed by atoms with Crippen LogP contribution in [0.25, 0.3) is 10.9 Å². The van der Waals surface area contributed by atoms with Crippen molar-refractivity contribution in [2.24, 2.45) is 0 Å². The van der Waals surface area contributed by atoms with Crippen LogP contribution in [0.3, 0.4) is 0 Å². The largest absolute Gasteiger partial charge is 0.496 e. The number of carbonyl (C=O) groups is 1. The maximum absolute atomic E-state index is 13.2. The van der Waals surface area contributed by atoms with Gasteiger partial charge in [0.25, 0.3) is 0 Å². The molecule has 1 amide bonds. The predicted octanol–water partition coefficient (Wildman–Crippen LogP) is 3.94. The second-order valence-corrected chi connectivity index (χ2v) is 10.8. The number of hydrogen-bond acceptors (Lipinski definition) is 5. The molecule has 204 valence electrons. The van der Waals surface area contributed by atoms with Crippen LogP contribution in [0.4, 0.5) is 0 Å². The molecule has 0 unspecified atom stereocenters. The molecule has 0 radical (unpaired) electrons. The van der Waals surface area contributed by atoms with Gasteiger partial charge in [0.2, 0.25) is 5.91 Å². The van der Waals surface area contributed by atoms with Crippen molar-refractivity contribution >= 4 is 16.8 Å². The van der Waals surface area contributed by atoms with Crippen LogP contribution in [0.1, 0.15) is 43.2 Å². The van der Waals surface area contributed by atoms with Crippen molar-refractivity contribution in [3.8, 4) is 5.75 Å². The molecule has 2 saturated heterocycles. The molecule has 2 aliphatic heterocycles. The average Bonchev–Trinajstić information content (AvgIpc) is 3.39. The van der Waals surface area contributed by atoms with Gasteiger partial charge in [-0.1, -0.05) is 42.8 Å². The van der Waals surface area contributed by atoms with Crippen LogP contribution in [0.2, 0.25) is 0 Å². The predicted molar refractivity (Wildman–Crippen MR) is 154 cm³/mol. The quantitative estimate of drug-likeness (QED) is 0.359. The summed E-state index contributed by atoms with van der Waals surface area (Å²) in [6.07, 6.45) is 9.17. The lowest BCUT2D eigenvalue weighted by atomic mass is 10.00. The molecule has 1 atom stereocenters. The SMILES string of the molecule is COc1ccccc1CNC[C@H](Cc1c[nH]c2ccccc12)NCC(=O)N1CCC(N2CCCCC2)CC1. The van der Waals surface area contributed by atoms with Gasteiger partial charge in [-0.15, -0.1) is 0 Å². The van der Waals surface area contributed by atoms with Gasteiger partial charge in [0, 0.05) is 60.9 Å². The second-order valence-electron chi connectivity index (χ2n) is 10.8. The first-order valence-corrected chi connectivity index (χ1v) is 14.3. The molecule has 3 N–H and O–H groups in total. The zero-order chi connectivity index (χ0) is 26.2. The van der Waals surface area contributed by atoms with Crippen LogP contribution >= 0.6 is 0 Å². The summed E-state index contributed by atoms with van der Waals surface area (Å²) < 4.78 is 5.52. The molecule has 0 saturated carbocycles. The van der Waals surface area contributed by atoms with Crippen LogP contribution in [0.5, 0.6) is 5.75 Å². The fourth-order valence-electron chi connectivity index (χ4n) is 6.12. The molecule has 7 heteroatoms. The first-order valence-electron chi connectivity index (χ1n) is 14.3. The van der Waals surface area contributed by atoms with E-state index in [9.17, 15) is 4.79 Å². The number of para-hydroxylation sites is 2. The van der Waals surface area contributed by atoms with Gasteiger partial charge in [0.05, 0.1) is 13.7 Å². The summed E-state index contributed by atoms with van der Waals surface area (Å²) in [6.45, 7) is 6.06. The van der Waals surface area contributed by atoms with E-state index in [0.717, 1.165) is 55.7 Å². The Labute approximate surface area is 226 Å². The number of H-pyrrole nitrogens is 1. The van der Waals surface area contributed by atoms with E-state index in [0.29, 0.717) is 19.1 Å². The first kappa shape index (κ1) is 26.7. The van der Waals surface area contributed by atoms with Crippen molar-refractivity contribution in [1.82, 2.24) is 25.4 Å². The summed E-state index contributed by atoms with van der Waals surface area (Å²) in [6, 6.07) is 17.3. The van der Waals surface area contributed by atoms with E-state index in [-0.39, 0.29) is 11.9 Å². The van der Waals surface area contributed by atoms with Crippen molar-refractivity contribution in [2.75, 3.05) is 46.4 Å². The standard InChI is InChI=1S/C31H43N5O2/c1-38-30-12-6-3-9-24(30)20-32-22-26(19-25-21-34-29-11-5-4-10-28(25)29)33-23-31(37)36-17-13-27(14-18-36)35-15-7-2-8-16-35/h3-6,9-12,21,26-27,32-34H,2,7-8,13-20,22-23H2,1H3/t26-/m0/s1. The topological polar surface area (TPSA) is 72.6 Å². The number of nitrogens with one attached hydrogen (secondary N) is 3. The Morgan fingerprint density at radius 2 is 1.76 bits per heavy atom. The molecule has 5 rings (SSSR count). The lowest BCUT2D eigenvalue weighted by Crippen LogP contribution is -2.51. The van der Waals surface area contributed by atoms with Gasteiger partial charge < -0.3 is 30.2 Å². The summed E-state index contributed by atoms with van der Waals surface area (Å²) in [5.41, 5.74) is 3.55. The molecular weight excluding hydrogens is 474 g/mol. The summed E-state index contributed by atoms with van der Waals surface area (Å²) in [7, 11) is 1.71. The van der Waals surface area contributed by atoms with Crippen molar-refractivity contribution in [3.05, 3.63) is 65.9 Å². The Morgan fingerprint density at radius 1 is 1.00 bits per heavy atom. The third-order valence-electron chi connectivity index (χ3n) is 8.31. The summed E-state index contributed by atoms with van der Waals surface area (Å²) in [5.74, 6) is 1.11. The fraction of sp³-hybridized carbons (Fsp3) is 0.516. The number of rotatable bonds is 11. The minimum atomic E-state index is 0.124. The maximum atomic E-state index is 13.2. The number of methoxy groups -OCH3 is 1. The van der Waals surface area contributed by atoms with Gasteiger partial charge in [-0.2, -0.15) is 0 Å². The monoisotopic (exact) mass is 517 g/mol. The number of nitrogens with zero attached hydrogens (tertiary/aromatic N) is 2. The summed E-state index contributed by atoms with van der Waals surface area (Å²) in [4.78, 5) is 21.3. The van der Waals surface area contributed by atoms with Crippen LogP contribution in [0, 0.1) is 0 Å². The van der Waals surface area contributed by atoms with Crippen LogP contribution in [-0.2, 0) is 17.8 Å². The molecule has 1 aromatic heterocycles. The smallest absolute Gasteiger partial charge is 0.236 e. The van der Waals surface area contributed by atoms with Crippen molar-refractivity contribution in [3.63, 3.8) is 0 Å². The molecule has 7 nitrogen and oxygen atoms in total. The molecule has 0 spiro atoms. The van der Waals surface area contributed by atoms with Gasteiger partial charge in [-0.3, -0.25) is 4.79 Å². The van der Waals surface area contributed by atoms with Gasteiger partial charge >= 0.3 is 0 Å². The number of piperidine rings is 2. The molecule has 2 aromatic carbocycles. The average molecular weight is 518 g/mol. The highest BCUT2D eigenvalue weighted by atomic mass is 16.5. The number of likely N-dealkylation sites (tertiary alicyclic amines) is 2. The number of benzene rings is 2. The molecule has 2 fully saturated rings. The number of carbonyl (C=O) groups excluding carboxylic acids is 1. The van der Waals surface area contributed by atoms with E-state index < -0.39 is 0 Å². The Balaban J connectivity index is 1.17. The maximum Gasteiger partial charge on any atom is 0.236 e. The van der Waals surface area contributed by atoms with Gasteiger partial charge in [0.15, 0.2) is 0 Å².